The molecule has 30 heavy (non-hydrogen) atoms. The van der Waals surface area contributed by atoms with E-state index in [9.17, 15) is 28.1 Å². The number of benzene rings is 2. The first-order valence-electron chi connectivity index (χ1n) is 9.19. The summed E-state index contributed by atoms with van der Waals surface area (Å²) in [6, 6.07) is 9.55. The molecule has 1 saturated heterocycles. The highest BCUT2D eigenvalue weighted by Gasteiger charge is 2.30. The predicted molar refractivity (Wildman–Crippen MR) is 108 cm³/mol. The molecule has 1 amide bonds. The van der Waals surface area contributed by atoms with Gasteiger partial charge < -0.3 is 4.90 Å². The second-order valence-corrected chi connectivity index (χ2v) is 7.75. The van der Waals surface area contributed by atoms with E-state index in [0.29, 0.717) is 37.6 Å². The Morgan fingerprint density at radius 1 is 1.10 bits per heavy atom. The molecule has 6 nitrogen and oxygen atoms in total. The van der Waals surface area contributed by atoms with E-state index in [1.165, 1.54) is 30.0 Å². The summed E-state index contributed by atoms with van der Waals surface area (Å²) in [6.07, 6.45) is -2.62. The molecular formula is C20H20F3N3O3S. The van der Waals surface area contributed by atoms with Crippen LogP contribution in [0.5, 0.6) is 0 Å². The second kappa shape index (κ2) is 9.05. The van der Waals surface area contributed by atoms with Crippen molar-refractivity contribution in [3.8, 4) is 0 Å². The summed E-state index contributed by atoms with van der Waals surface area (Å²) < 4.78 is 38.0. The summed E-state index contributed by atoms with van der Waals surface area (Å²) in [5, 5.41) is 11.2. The van der Waals surface area contributed by atoms with Gasteiger partial charge in [-0.25, -0.2) is 0 Å². The van der Waals surface area contributed by atoms with Crippen LogP contribution in [-0.2, 0) is 12.7 Å². The summed E-state index contributed by atoms with van der Waals surface area (Å²) in [5.74, 6) is -0.264. The number of hydrogen-bond donors (Lipinski definition) is 0. The van der Waals surface area contributed by atoms with Gasteiger partial charge in [-0.1, -0.05) is 12.1 Å². The molecule has 160 valence electrons. The first-order chi connectivity index (χ1) is 14.2. The number of halogens is 3. The number of amides is 1. The maximum atomic E-state index is 12.7. The van der Waals surface area contributed by atoms with Crippen LogP contribution in [0.15, 0.2) is 47.4 Å². The molecule has 10 heteroatoms. The third kappa shape index (κ3) is 5.11. The number of nitrogens with zero attached hydrogens (tertiary/aromatic N) is 3. The minimum absolute atomic E-state index is 0.0886. The van der Waals surface area contributed by atoms with E-state index in [-0.39, 0.29) is 17.2 Å². The minimum Gasteiger partial charge on any atom is -0.336 e. The molecule has 0 bridgehead atoms. The summed E-state index contributed by atoms with van der Waals surface area (Å²) in [6.45, 7) is 2.51. The zero-order chi connectivity index (χ0) is 21.9. The van der Waals surface area contributed by atoms with Crippen LogP contribution >= 0.6 is 11.8 Å². The van der Waals surface area contributed by atoms with Gasteiger partial charge in [-0.3, -0.25) is 19.8 Å². The van der Waals surface area contributed by atoms with Gasteiger partial charge in [0.2, 0.25) is 0 Å². The zero-order valence-electron chi connectivity index (χ0n) is 16.2. The molecule has 0 aromatic heterocycles. The van der Waals surface area contributed by atoms with Crippen molar-refractivity contribution in [1.29, 1.82) is 0 Å². The van der Waals surface area contributed by atoms with Gasteiger partial charge in [-0.05, 0) is 36.1 Å². The van der Waals surface area contributed by atoms with Gasteiger partial charge in [0, 0.05) is 44.4 Å². The number of nitro benzene ring substituents is 1. The average Bonchev–Trinajstić information content (AvgIpc) is 2.73. The molecule has 0 saturated carbocycles. The van der Waals surface area contributed by atoms with Crippen molar-refractivity contribution in [2.75, 3.05) is 32.4 Å². The van der Waals surface area contributed by atoms with Gasteiger partial charge in [0.25, 0.3) is 11.6 Å². The maximum absolute atomic E-state index is 12.7. The van der Waals surface area contributed by atoms with Crippen molar-refractivity contribution in [3.63, 3.8) is 0 Å². The van der Waals surface area contributed by atoms with E-state index in [1.54, 1.807) is 23.3 Å². The quantitative estimate of drug-likeness (QED) is 0.395. The van der Waals surface area contributed by atoms with Gasteiger partial charge in [0.15, 0.2) is 0 Å². The molecule has 0 radical (unpaired) electrons. The maximum Gasteiger partial charge on any atom is 0.416 e. The van der Waals surface area contributed by atoms with E-state index in [1.807, 2.05) is 0 Å². The number of carbonyl (C=O) groups excluding carboxylic acids is 1. The van der Waals surface area contributed by atoms with Gasteiger partial charge in [0.05, 0.1) is 15.4 Å². The Morgan fingerprint density at radius 3 is 2.27 bits per heavy atom. The highest BCUT2D eigenvalue weighted by molar-refractivity contribution is 7.98. The van der Waals surface area contributed by atoms with Crippen LogP contribution in [0.1, 0.15) is 21.5 Å². The van der Waals surface area contributed by atoms with Crippen molar-refractivity contribution in [3.05, 3.63) is 69.3 Å². The molecule has 2 aromatic carbocycles. The number of rotatable bonds is 5. The Labute approximate surface area is 175 Å². The number of piperazine rings is 1. The SMILES string of the molecule is CSc1ccc(C(=O)N2CCN(Cc3ccc(C(F)(F)F)cc3)CC2)cc1[N+](=O)[O-]. The third-order valence-electron chi connectivity index (χ3n) is 4.97. The number of hydrogen-bond acceptors (Lipinski definition) is 5. The van der Waals surface area contributed by atoms with Crippen molar-refractivity contribution in [2.45, 2.75) is 17.6 Å². The fraction of sp³-hybridized carbons (Fsp3) is 0.350. The van der Waals surface area contributed by atoms with Gasteiger partial charge in [0.1, 0.15) is 0 Å². The highest BCUT2D eigenvalue weighted by atomic mass is 32.2. The second-order valence-electron chi connectivity index (χ2n) is 6.91. The lowest BCUT2D eigenvalue weighted by Gasteiger charge is -2.34. The number of nitro groups is 1. The Balaban J connectivity index is 1.59. The van der Waals surface area contributed by atoms with E-state index in [4.69, 9.17) is 0 Å². The number of thioether (sulfide) groups is 1. The molecule has 3 rings (SSSR count). The Hall–Kier alpha value is -2.59. The smallest absolute Gasteiger partial charge is 0.336 e. The largest absolute Gasteiger partial charge is 0.416 e. The Kier molecular flexibility index (Phi) is 6.67. The fourth-order valence-electron chi connectivity index (χ4n) is 3.31. The Morgan fingerprint density at radius 2 is 1.73 bits per heavy atom. The molecule has 2 aromatic rings. The standard InChI is InChI=1S/C20H20F3N3O3S/c1-30-18-7-4-15(12-17(18)26(28)29)19(27)25-10-8-24(9-11-25)13-14-2-5-16(6-3-14)20(21,22)23/h2-7,12H,8-11,13H2,1H3. The van der Waals surface area contributed by atoms with Gasteiger partial charge in [-0.2, -0.15) is 13.2 Å². The summed E-state index contributed by atoms with van der Waals surface area (Å²) in [7, 11) is 0. The van der Waals surface area contributed by atoms with E-state index < -0.39 is 16.7 Å². The van der Waals surface area contributed by atoms with E-state index in [0.717, 1.165) is 17.7 Å². The monoisotopic (exact) mass is 439 g/mol. The highest BCUT2D eigenvalue weighted by Crippen LogP contribution is 2.30. The van der Waals surface area contributed by atoms with Crippen LogP contribution < -0.4 is 0 Å². The van der Waals surface area contributed by atoms with Gasteiger partial charge in [-0.15, -0.1) is 11.8 Å². The minimum atomic E-state index is -4.35. The van der Waals surface area contributed by atoms with Crippen LogP contribution in [0, 0.1) is 10.1 Å². The van der Waals surface area contributed by atoms with Crippen molar-refractivity contribution in [2.24, 2.45) is 0 Å². The predicted octanol–water partition coefficient (Wildman–Crippen LogP) is 4.29. The molecule has 1 aliphatic heterocycles. The third-order valence-corrected chi connectivity index (χ3v) is 5.75. The van der Waals surface area contributed by atoms with E-state index in [2.05, 4.69) is 4.90 Å². The molecule has 0 atom stereocenters. The molecule has 1 heterocycles. The van der Waals surface area contributed by atoms with Crippen LogP contribution in [0.4, 0.5) is 18.9 Å². The first-order valence-corrected chi connectivity index (χ1v) is 10.4. The fourth-order valence-corrected chi connectivity index (χ4v) is 3.86. The van der Waals surface area contributed by atoms with Crippen LogP contribution in [-0.4, -0.2) is 53.1 Å². The lowest BCUT2D eigenvalue weighted by atomic mass is 10.1. The molecular weight excluding hydrogens is 419 g/mol. The number of carbonyl (C=O) groups is 1. The van der Waals surface area contributed by atoms with Crippen LogP contribution in [0.2, 0.25) is 0 Å². The first kappa shape index (κ1) is 22.1. The van der Waals surface area contributed by atoms with Crippen molar-refractivity contribution >= 4 is 23.4 Å². The molecule has 1 aliphatic rings. The summed E-state index contributed by atoms with van der Waals surface area (Å²) >= 11 is 1.25. The van der Waals surface area contributed by atoms with Crippen LogP contribution in [0.25, 0.3) is 0 Å². The zero-order valence-corrected chi connectivity index (χ0v) is 17.0. The van der Waals surface area contributed by atoms with E-state index >= 15 is 0 Å². The number of alkyl halides is 3. The van der Waals surface area contributed by atoms with Gasteiger partial charge >= 0.3 is 6.18 Å². The van der Waals surface area contributed by atoms with Crippen molar-refractivity contribution in [1.82, 2.24) is 9.80 Å². The summed E-state index contributed by atoms with van der Waals surface area (Å²) in [4.78, 5) is 27.7. The average molecular weight is 439 g/mol. The molecule has 1 fully saturated rings. The lowest BCUT2D eigenvalue weighted by molar-refractivity contribution is -0.387. The topological polar surface area (TPSA) is 66.7 Å². The molecule has 0 spiro atoms. The van der Waals surface area contributed by atoms with Crippen LogP contribution in [0.3, 0.4) is 0 Å². The molecule has 0 aliphatic carbocycles. The molecule has 0 unspecified atom stereocenters. The Bertz CT molecular complexity index is 927. The summed E-state index contributed by atoms with van der Waals surface area (Å²) in [5.41, 5.74) is 0.277. The van der Waals surface area contributed by atoms with Crippen molar-refractivity contribution < 1.29 is 22.9 Å². The normalized spacial score (nSPS) is 15.3. The lowest BCUT2D eigenvalue weighted by Crippen LogP contribution is -2.48. The molecule has 0 N–H and O–H groups in total.